The van der Waals surface area contributed by atoms with E-state index in [-0.39, 0.29) is 5.75 Å². The van der Waals surface area contributed by atoms with Crippen LogP contribution in [-0.4, -0.2) is 18.2 Å². The van der Waals surface area contributed by atoms with Crippen molar-refractivity contribution in [2.45, 2.75) is 19.4 Å². The Labute approximate surface area is 124 Å². The normalized spacial score (nSPS) is 14.4. The van der Waals surface area contributed by atoms with Crippen LogP contribution >= 0.6 is 0 Å². The van der Waals surface area contributed by atoms with Crippen LogP contribution in [0.3, 0.4) is 0 Å². The molecule has 0 radical (unpaired) electrons. The number of anilines is 2. The third kappa shape index (κ3) is 3.10. The van der Waals surface area contributed by atoms with Crippen molar-refractivity contribution in [3.05, 3.63) is 53.8 Å². The van der Waals surface area contributed by atoms with Crippen molar-refractivity contribution in [3.63, 3.8) is 0 Å². The molecule has 4 heteroatoms. The van der Waals surface area contributed by atoms with E-state index >= 15 is 0 Å². The summed E-state index contributed by atoms with van der Waals surface area (Å²) in [7, 11) is 0. The number of hydrogen-bond donors (Lipinski definition) is 2. The molecule has 1 aliphatic rings. The minimum atomic E-state index is -0.585. The molecule has 2 aromatic carbocycles. The van der Waals surface area contributed by atoms with Gasteiger partial charge in [-0.2, -0.15) is 0 Å². The summed E-state index contributed by atoms with van der Waals surface area (Å²) >= 11 is 0. The summed E-state index contributed by atoms with van der Waals surface area (Å²) in [6, 6.07) is 12.8. The standard InChI is InChI=1S/C17H19FN2O/c18-16-5-3-4-13(17(16)21)12-19-14-6-8-15(9-7-14)20-10-1-2-11-20/h3-9,19,21H,1-2,10-12H2. The maximum atomic E-state index is 13.2. The zero-order valence-electron chi connectivity index (χ0n) is 11.8. The number of benzene rings is 2. The highest BCUT2D eigenvalue weighted by Crippen LogP contribution is 2.24. The van der Waals surface area contributed by atoms with E-state index in [2.05, 4.69) is 22.3 Å². The van der Waals surface area contributed by atoms with E-state index in [4.69, 9.17) is 0 Å². The number of hydrogen-bond acceptors (Lipinski definition) is 3. The first-order valence-electron chi connectivity index (χ1n) is 7.29. The second-order valence-corrected chi connectivity index (χ2v) is 5.34. The summed E-state index contributed by atoms with van der Waals surface area (Å²) in [5.41, 5.74) is 2.76. The number of nitrogens with one attached hydrogen (secondary N) is 1. The quantitative estimate of drug-likeness (QED) is 0.898. The lowest BCUT2D eigenvalue weighted by Gasteiger charge is -2.18. The van der Waals surface area contributed by atoms with Gasteiger partial charge in [0, 0.05) is 36.6 Å². The van der Waals surface area contributed by atoms with Crippen molar-refractivity contribution >= 4 is 11.4 Å². The Morgan fingerprint density at radius 2 is 1.76 bits per heavy atom. The number of nitrogens with zero attached hydrogens (tertiary/aromatic N) is 1. The minimum absolute atomic E-state index is 0.279. The fourth-order valence-corrected chi connectivity index (χ4v) is 2.67. The molecule has 110 valence electrons. The van der Waals surface area contributed by atoms with Gasteiger partial charge in [-0.05, 0) is 43.2 Å². The molecule has 0 aliphatic carbocycles. The Morgan fingerprint density at radius 1 is 1.05 bits per heavy atom. The highest BCUT2D eigenvalue weighted by Gasteiger charge is 2.11. The molecule has 3 nitrogen and oxygen atoms in total. The Kier molecular flexibility index (Phi) is 3.95. The molecule has 0 amide bonds. The predicted octanol–water partition coefficient (Wildman–Crippen LogP) is 3.74. The molecule has 2 N–H and O–H groups in total. The lowest BCUT2D eigenvalue weighted by molar-refractivity contribution is 0.427. The van der Waals surface area contributed by atoms with Gasteiger partial charge in [-0.3, -0.25) is 0 Å². The Hall–Kier alpha value is -2.23. The molecule has 1 heterocycles. The van der Waals surface area contributed by atoms with Crippen molar-refractivity contribution in [1.82, 2.24) is 0 Å². The van der Waals surface area contributed by atoms with Crippen LogP contribution in [0.2, 0.25) is 0 Å². The van der Waals surface area contributed by atoms with Gasteiger partial charge in [0.25, 0.3) is 0 Å². The average Bonchev–Trinajstić information content (AvgIpc) is 3.04. The number of aromatic hydroxyl groups is 1. The molecule has 0 saturated carbocycles. The highest BCUT2D eigenvalue weighted by atomic mass is 19.1. The number of para-hydroxylation sites is 1. The van der Waals surface area contributed by atoms with Crippen molar-refractivity contribution in [2.75, 3.05) is 23.3 Å². The number of phenolic OH excluding ortho intramolecular Hbond substituents is 1. The first-order valence-corrected chi connectivity index (χ1v) is 7.29. The van der Waals surface area contributed by atoms with Crippen molar-refractivity contribution in [3.8, 4) is 5.75 Å². The van der Waals surface area contributed by atoms with Gasteiger partial charge < -0.3 is 15.3 Å². The molecule has 2 aromatic rings. The largest absolute Gasteiger partial charge is 0.505 e. The van der Waals surface area contributed by atoms with Crippen LogP contribution in [0.1, 0.15) is 18.4 Å². The molecule has 0 aromatic heterocycles. The number of halogens is 1. The van der Waals surface area contributed by atoms with Crippen LogP contribution in [0, 0.1) is 5.82 Å². The molecule has 1 saturated heterocycles. The van der Waals surface area contributed by atoms with Gasteiger partial charge in [-0.25, -0.2) is 4.39 Å². The van der Waals surface area contributed by atoms with Crippen LogP contribution in [0.25, 0.3) is 0 Å². The SMILES string of the molecule is Oc1c(F)cccc1CNc1ccc(N2CCCC2)cc1. The Morgan fingerprint density at radius 3 is 2.48 bits per heavy atom. The second-order valence-electron chi connectivity index (χ2n) is 5.34. The third-order valence-electron chi connectivity index (χ3n) is 3.89. The molecule has 0 spiro atoms. The van der Waals surface area contributed by atoms with Gasteiger partial charge in [0.2, 0.25) is 0 Å². The van der Waals surface area contributed by atoms with Crippen LogP contribution in [0.5, 0.6) is 5.75 Å². The Balaban J connectivity index is 1.64. The molecule has 3 rings (SSSR count). The van der Waals surface area contributed by atoms with Crippen LogP contribution in [0.4, 0.5) is 15.8 Å². The highest BCUT2D eigenvalue weighted by molar-refractivity contribution is 5.55. The van der Waals surface area contributed by atoms with Crippen LogP contribution < -0.4 is 10.2 Å². The van der Waals surface area contributed by atoms with Gasteiger partial charge in [0.1, 0.15) is 0 Å². The van der Waals surface area contributed by atoms with E-state index in [1.54, 1.807) is 12.1 Å². The van der Waals surface area contributed by atoms with E-state index in [1.165, 1.54) is 24.6 Å². The van der Waals surface area contributed by atoms with Crippen molar-refractivity contribution in [2.24, 2.45) is 0 Å². The number of rotatable bonds is 4. The molecule has 0 atom stereocenters. The lowest BCUT2D eigenvalue weighted by Crippen LogP contribution is -2.17. The van der Waals surface area contributed by atoms with Gasteiger partial charge in [-0.1, -0.05) is 12.1 Å². The van der Waals surface area contributed by atoms with Gasteiger partial charge in [0.15, 0.2) is 11.6 Å². The van der Waals surface area contributed by atoms with Crippen LogP contribution in [0.15, 0.2) is 42.5 Å². The smallest absolute Gasteiger partial charge is 0.165 e. The minimum Gasteiger partial charge on any atom is -0.505 e. The zero-order valence-corrected chi connectivity index (χ0v) is 11.8. The van der Waals surface area contributed by atoms with E-state index in [1.807, 2.05) is 12.1 Å². The summed E-state index contributed by atoms with van der Waals surface area (Å²) in [6.07, 6.45) is 2.53. The van der Waals surface area contributed by atoms with E-state index in [0.29, 0.717) is 12.1 Å². The van der Waals surface area contributed by atoms with Crippen molar-refractivity contribution < 1.29 is 9.50 Å². The average molecular weight is 286 g/mol. The van der Waals surface area contributed by atoms with E-state index < -0.39 is 5.82 Å². The molecule has 21 heavy (non-hydrogen) atoms. The van der Waals surface area contributed by atoms with Gasteiger partial charge in [-0.15, -0.1) is 0 Å². The predicted molar refractivity (Wildman–Crippen MR) is 83.3 cm³/mol. The summed E-state index contributed by atoms with van der Waals surface area (Å²) in [4.78, 5) is 2.38. The molecule has 0 bridgehead atoms. The summed E-state index contributed by atoms with van der Waals surface area (Å²) in [6.45, 7) is 2.65. The topological polar surface area (TPSA) is 35.5 Å². The molecule has 1 fully saturated rings. The molecule has 1 aliphatic heterocycles. The maximum absolute atomic E-state index is 13.2. The van der Waals surface area contributed by atoms with E-state index in [9.17, 15) is 9.50 Å². The third-order valence-corrected chi connectivity index (χ3v) is 3.89. The summed E-state index contributed by atoms with van der Waals surface area (Å²) < 4.78 is 13.2. The van der Waals surface area contributed by atoms with Gasteiger partial charge >= 0.3 is 0 Å². The second kappa shape index (κ2) is 6.04. The fraction of sp³-hybridized carbons (Fsp3) is 0.294. The molecular formula is C17H19FN2O. The summed E-state index contributed by atoms with van der Waals surface area (Å²) in [5, 5.41) is 12.8. The van der Waals surface area contributed by atoms with Crippen molar-refractivity contribution in [1.29, 1.82) is 0 Å². The van der Waals surface area contributed by atoms with Crippen LogP contribution in [-0.2, 0) is 6.54 Å². The maximum Gasteiger partial charge on any atom is 0.165 e. The monoisotopic (exact) mass is 286 g/mol. The van der Waals surface area contributed by atoms with Gasteiger partial charge in [0.05, 0.1) is 0 Å². The number of phenols is 1. The molecule has 0 unspecified atom stereocenters. The summed E-state index contributed by atoms with van der Waals surface area (Å²) in [5.74, 6) is -0.864. The first kappa shape index (κ1) is 13.7. The zero-order chi connectivity index (χ0) is 14.7. The fourth-order valence-electron chi connectivity index (χ4n) is 2.67. The first-order chi connectivity index (χ1) is 10.2. The Bertz CT molecular complexity index is 607. The van der Waals surface area contributed by atoms with E-state index in [0.717, 1.165) is 18.8 Å². The molecular weight excluding hydrogens is 267 g/mol. The lowest BCUT2D eigenvalue weighted by atomic mass is 10.2.